The van der Waals surface area contributed by atoms with Crippen LogP contribution in [0.2, 0.25) is 0 Å². The van der Waals surface area contributed by atoms with Crippen molar-refractivity contribution in [3.8, 4) is 11.1 Å². The van der Waals surface area contributed by atoms with E-state index in [2.05, 4.69) is 0 Å². The van der Waals surface area contributed by atoms with Crippen molar-refractivity contribution in [2.75, 3.05) is 7.11 Å². The van der Waals surface area contributed by atoms with Crippen molar-refractivity contribution in [1.29, 1.82) is 0 Å². The maximum atomic E-state index is 12.1. The van der Waals surface area contributed by atoms with Crippen molar-refractivity contribution in [1.82, 2.24) is 4.57 Å². The monoisotopic (exact) mass is 329 g/mol. The third-order valence-corrected chi connectivity index (χ3v) is 3.87. The van der Waals surface area contributed by atoms with Crippen molar-refractivity contribution in [2.24, 2.45) is 0 Å². The summed E-state index contributed by atoms with van der Waals surface area (Å²) in [6.07, 6.45) is 0. The van der Waals surface area contributed by atoms with Gasteiger partial charge in [0.05, 0.1) is 12.7 Å². The summed E-state index contributed by atoms with van der Waals surface area (Å²) in [5.74, 6) is -2.10. The highest BCUT2D eigenvalue weighted by molar-refractivity contribution is 6.12. The van der Waals surface area contributed by atoms with Gasteiger partial charge in [0.1, 0.15) is 5.76 Å². The molecule has 6 heteroatoms. The smallest absolute Gasteiger partial charge is 0.358 e. The Hall–Kier alpha value is -3.02. The van der Waals surface area contributed by atoms with E-state index in [1.54, 1.807) is 38.1 Å². The van der Waals surface area contributed by atoms with Crippen LogP contribution in [0.15, 0.2) is 36.1 Å². The Morgan fingerprint density at radius 2 is 1.62 bits per heavy atom. The number of hydrogen-bond donors (Lipinski definition) is 2. The lowest BCUT2D eigenvalue weighted by molar-refractivity contribution is -0.134. The number of aromatic carboxylic acids is 1. The molecule has 0 atom stereocenters. The normalized spacial score (nSPS) is 11.8. The Bertz CT molecular complexity index is 827. The van der Waals surface area contributed by atoms with Crippen LogP contribution in [0.4, 0.5) is 0 Å². The fourth-order valence-corrected chi connectivity index (χ4v) is 2.89. The molecule has 2 aromatic rings. The topological polar surface area (TPSA) is 88.8 Å². The summed E-state index contributed by atoms with van der Waals surface area (Å²) >= 11 is 0. The average Bonchev–Trinajstić information content (AvgIpc) is 2.80. The first-order chi connectivity index (χ1) is 11.3. The minimum atomic E-state index is -1.10. The van der Waals surface area contributed by atoms with Crippen LogP contribution < -0.4 is 0 Å². The largest absolute Gasteiger partial charge is 0.510 e. The van der Waals surface area contributed by atoms with E-state index in [1.807, 2.05) is 6.07 Å². The number of carbonyl (C=O) groups excluding carboxylic acids is 1. The molecule has 0 fully saturated rings. The molecular formula is C18H19NO5. The number of esters is 1. The van der Waals surface area contributed by atoms with E-state index in [9.17, 15) is 19.8 Å². The number of rotatable bonds is 4. The summed E-state index contributed by atoms with van der Waals surface area (Å²) in [7, 11) is 1.20. The fraction of sp³-hybridized carbons (Fsp3) is 0.222. The fourth-order valence-electron chi connectivity index (χ4n) is 2.89. The van der Waals surface area contributed by atoms with Gasteiger partial charge in [-0.2, -0.15) is 0 Å². The summed E-state index contributed by atoms with van der Waals surface area (Å²) in [5.41, 5.74) is 2.08. The second-order valence-corrected chi connectivity index (χ2v) is 5.35. The molecule has 24 heavy (non-hydrogen) atoms. The lowest BCUT2D eigenvalue weighted by Crippen LogP contribution is -2.15. The molecule has 1 heterocycles. The predicted molar refractivity (Wildman–Crippen MR) is 89.8 cm³/mol. The third-order valence-electron chi connectivity index (χ3n) is 3.87. The zero-order valence-electron chi connectivity index (χ0n) is 14.0. The van der Waals surface area contributed by atoms with Gasteiger partial charge in [0.25, 0.3) is 0 Å². The van der Waals surface area contributed by atoms with Gasteiger partial charge in [-0.25, -0.2) is 9.59 Å². The molecule has 0 spiro atoms. The highest BCUT2D eigenvalue weighted by Gasteiger charge is 2.28. The Balaban J connectivity index is 2.89. The molecule has 0 aliphatic carbocycles. The van der Waals surface area contributed by atoms with E-state index < -0.39 is 11.9 Å². The van der Waals surface area contributed by atoms with Crippen LogP contribution >= 0.6 is 0 Å². The van der Waals surface area contributed by atoms with Crippen molar-refractivity contribution >= 4 is 17.6 Å². The first-order valence-corrected chi connectivity index (χ1v) is 7.30. The molecule has 0 amide bonds. The van der Waals surface area contributed by atoms with Gasteiger partial charge in [-0.05, 0) is 26.3 Å². The van der Waals surface area contributed by atoms with Crippen LogP contribution in [0, 0.1) is 13.8 Å². The molecule has 0 aliphatic heterocycles. The summed E-state index contributed by atoms with van der Waals surface area (Å²) in [6, 6.07) is 9.04. The number of carboxylic acid groups (broad SMARTS) is 1. The van der Waals surface area contributed by atoms with Gasteiger partial charge < -0.3 is 19.5 Å². The molecule has 2 rings (SSSR count). The van der Waals surface area contributed by atoms with Gasteiger partial charge in [0, 0.05) is 17.0 Å². The number of hydrogen-bond acceptors (Lipinski definition) is 4. The number of aromatic nitrogens is 1. The summed E-state index contributed by atoms with van der Waals surface area (Å²) in [4.78, 5) is 23.9. The summed E-state index contributed by atoms with van der Waals surface area (Å²) < 4.78 is 6.15. The van der Waals surface area contributed by atoms with Crippen LogP contribution in [0.3, 0.4) is 0 Å². The van der Waals surface area contributed by atoms with E-state index in [-0.39, 0.29) is 17.0 Å². The Kier molecular flexibility index (Phi) is 4.78. The SMILES string of the molecule is COC(=O)/C(=C(/C)O)n1c(C)c(C(=O)O)c(-c2ccccc2)c1C. The van der Waals surface area contributed by atoms with Crippen LogP contribution in [0.1, 0.15) is 28.7 Å². The molecule has 126 valence electrons. The number of aliphatic hydroxyl groups excluding tert-OH is 1. The van der Waals surface area contributed by atoms with Crippen LogP contribution in [-0.2, 0) is 9.53 Å². The highest BCUT2D eigenvalue weighted by Crippen LogP contribution is 2.35. The Morgan fingerprint density at radius 1 is 1.04 bits per heavy atom. The summed E-state index contributed by atoms with van der Waals surface area (Å²) in [6.45, 7) is 4.65. The quantitative estimate of drug-likeness (QED) is 0.510. The molecule has 0 unspecified atom stereocenters. The van der Waals surface area contributed by atoms with Gasteiger partial charge in [0.15, 0.2) is 5.70 Å². The molecule has 6 nitrogen and oxygen atoms in total. The third kappa shape index (κ3) is 2.78. The lowest BCUT2D eigenvalue weighted by atomic mass is 10.0. The standard InChI is InChI=1S/C18H19NO5/c1-10-14(13-8-6-5-7-9-13)15(17(21)22)11(2)19(10)16(12(3)20)18(23)24-4/h5-9,20H,1-4H3,(H,21,22)/b16-12+. The minimum Gasteiger partial charge on any atom is -0.510 e. The van der Waals surface area contributed by atoms with Gasteiger partial charge >= 0.3 is 11.9 Å². The number of benzene rings is 1. The molecule has 1 aromatic carbocycles. The number of aliphatic hydroxyl groups is 1. The molecule has 2 N–H and O–H groups in total. The molecule has 0 saturated carbocycles. The molecule has 0 radical (unpaired) electrons. The molecule has 0 saturated heterocycles. The van der Waals surface area contributed by atoms with Crippen LogP contribution in [-0.4, -0.2) is 33.8 Å². The zero-order valence-corrected chi connectivity index (χ0v) is 14.0. The van der Waals surface area contributed by atoms with Crippen LogP contribution in [0.5, 0.6) is 0 Å². The van der Waals surface area contributed by atoms with E-state index in [4.69, 9.17) is 4.74 Å². The minimum absolute atomic E-state index is 0.0846. The molecule has 1 aromatic heterocycles. The van der Waals surface area contributed by atoms with Crippen molar-refractivity contribution in [2.45, 2.75) is 20.8 Å². The van der Waals surface area contributed by atoms with E-state index >= 15 is 0 Å². The number of ether oxygens (including phenoxy) is 1. The molecule has 0 aliphatic rings. The number of allylic oxidation sites excluding steroid dienone is 1. The molecular weight excluding hydrogens is 310 g/mol. The van der Waals surface area contributed by atoms with Crippen molar-refractivity contribution in [3.05, 3.63) is 53.0 Å². The number of nitrogens with zero attached hydrogens (tertiary/aromatic N) is 1. The van der Waals surface area contributed by atoms with Crippen molar-refractivity contribution < 1.29 is 24.5 Å². The zero-order chi connectivity index (χ0) is 18.0. The second kappa shape index (κ2) is 6.62. The lowest BCUT2D eigenvalue weighted by Gasteiger charge is -2.13. The maximum Gasteiger partial charge on any atom is 0.358 e. The summed E-state index contributed by atoms with van der Waals surface area (Å²) in [5, 5.41) is 19.6. The number of carboxylic acids is 1. The van der Waals surface area contributed by atoms with Gasteiger partial charge in [-0.1, -0.05) is 30.3 Å². The van der Waals surface area contributed by atoms with Crippen LogP contribution in [0.25, 0.3) is 16.8 Å². The molecule has 0 bridgehead atoms. The van der Waals surface area contributed by atoms with E-state index in [0.29, 0.717) is 22.5 Å². The van der Waals surface area contributed by atoms with E-state index in [0.717, 1.165) is 0 Å². The second-order valence-electron chi connectivity index (χ2n) is 5.35. The first kappa shape index (κ1) is 17.3. The van der Waals surface area contributed by atoms with E-state index in [1.165, 1.54) is 18.6 Å². The predicted octanol–water partition coefficient (Wildman–Crippen LogP) is 3.39. The van der Waals surface area contributed by atoms with Gasteiger partial charge in [0.2, 0.25) is 0 Å². The average molecular weight is 329 g/mol. The Morgan fingerprint density at radius 3 is 2.08 bits per heavy atom. The maximum absolute atomic E-state index is 12.1. The van der Waals surface area contributed by atoms with Gasteiger partial charge in [-0.3, -0.25) is 0 Å². The Labute approximate surface area is 139 Å². The number of carbonyl (C=O) groups is 2. The highest BCUT2D eigenvalue weighted by atomic mass is 16.5. The first-order valence-electron chi connectivity index (χ1n) is 7.30. The van der Waals surface area contributed by atoms with Crippen molar-refractivity contribution in [3.63, 3.8) is 0 Å². The van der Waals surface area contributed by atoms with Gasteiger partial charge in [-0.15, -0.1) is 0 Å². The number of methoxy groups -OCH3 is 1.